The third kappa shape index (κ3) is 2.66. The van der Waals surface area contributed by atoms with Gasteiger partial charge in [0.1, 0.15) is 0 Å². The minimum absolute atomic E-state index is 0. The maximum atomic E-state index is 11.6. The van der Waals surface area contributed by atoms with Crippen LogP contribution in [0.25, 0.3) is 0 Å². The van der Waals surface area contributed by atoms with Crippen LogP contribution in [0, 0.1) is 0 Å². The molecule has 1 aliphatic heterocycles. The molecule has 0 saturated heterocycles. The van der Waals surface area contributed by atoms with E-state index in [1.54, 1.807) is 0 Å². The van der Waals surface area contributed by atoms with E-state index in [1.807, 2.05) is 24.3 Å². The first-order valence-electron chi connectivity index (χ1n) is 4.85. The Kier molecular flexibility index (Phi) is 4.18. The summed E-state index contributed by atoms with van der Waals surface area (Å²) < 4.78 is 24.7. The first-order chi connectivity index (χ1) is 7.09. The highest BCUT2D eigenvalue weighted by molar-refractivity contribution is 7.92. The van der Waals surface area contributed by atoms with Gasteiger partial charge in [-0.1, -0.05) is 18.2 Å². The molecule has 90 valence electrons. The zero-order valence-electron chi connectivity index (χ0n) is 9.01. The summed E-state index contributed by atoms with van der Waals surface area (Å²) in [7, 11) is -3.17. The second-order valence-electron chi connectivity index (χ2n) is 3.64. The summed E-state index contributed by atoms with van der Waals surface area (Å²) in [5.74, 6) is 0. The smallest absolute Gasteiger partial charge is 0.232 e. The number of nitrogens with zero attached hydrogens (tertiary/aromatic N) is 1. The molecule has 0 spiro atoms. The van der Waals surface area contributed by atoms with Crippen molar-refractivity contribution in [3.8, 4) is 0 Å². The Morgan fingerprint density at radius 2 is 2.00 bits per heavy atom. The molecule has 6 heteroatoms. The maximum absolute atomic E-state index is 11.6. The Bertz CT molecular complexity index is 462. The molecule has 0 amide bonds. The molecule has 1 aromatic carbocycles. The Balaban J connectivity index is 0.00000128. The molecule has 0 unspecified atom stereocenters. The van der Waals surface area contributed by atoms with Gasteiger partial charge in [-0.05, 0) is 11.6 Å². The van der Waals surface area contributed by atoms with Gasteiger partial charge in [0.05, 0.1) is 11.9 Å². The van der Waals surface area contributed by atoms with Gasteiger partial charge in [0.25, 0.3) is 0 Å². The number of anilines is 1. The predicted octanol–water partition coefficient (Wildman–Crippen LogP) is 0.978. The normalized spacial score (nSPS) is 15.9. The summed E-state index contributed by atoms with van der Waals surface area (Å²) >= 11 is 0. The van der Waals surface area contributed by atoms with Crippen LogP contribution in [-0.2, 0) is 16.6 Å². The summed E-state index contributed by atoms with van der Waals surface area (Å²) in [6, 6.07) is 7.59. The highest BCUT2D eigenvalue weighted by Gasteiger charge is 2.21. The van der Waals surface area contributed by atoms with Gasteiger partial charge < -0.3 is 5.32 Å². The van der Waals surface area contributed by atoms with E-state index >= 15 is 0 Å². The van der Waals surface area contributed by atoms with Gasteiger partial charge in [-0.25, -0.2) is 8.42 Å². The number of hydrogen-bond donors (Lipinski definition) is 1. The van der Waals surface area contributed by atoms with Gasteiger partial charge in [0, 0.05) is 19.6 Å². The first-order valence-corrected chi connectivity index (χ1v) is 6.70. The Morgan fingerprint density at radius 1 is 1.31 bits per heavy atom. The fraction of sp³-hybridized carbons (Fsp3) is 0.400. The molecule has 16 heavy (non-hydrogen) atoms. The lowest BCUT2D eigenvalue weighted by molar-refractivity contribution is 0.595. The second kappa shape index (κ2) is 5.03. The monoisotopic (exact) mass is 262 g/mol. The molecule has 4 nitrogen and oxygen atoms in total. The fourth-order valence-electron chi connectivity index (χ4n) is 1.77. The summed E-state index contributed by atoms with van der Waals surface area (Å²) in [5.41, 5.74) is 1.82. The summed E-state index contributed by atoms with van der Waals surface area (Å²) in [6.45, 7) is 1.90. The van der Waals surface area contributed by atoms with Crippen molar-refractivity contribution in [3.63, 3.8) is 0 Å². The number of halogens is 1. The van der Waals surface area contributed by atoms with Crippen LogP contribution in [0.1, 0.15) is 5.56 Å². The van der Waals surface area contributed by atoms with E-state index < -0.39 is 10.0 Å². The summed E-state index contributed by atoms with van der Waals surface area (Å²) in [6.07, 6.45) is 1.25. The number of sulfonamides is 1. The minimum atomic E-state index is -3.17. The molecule has 0 atom stereocenters. The lowest BCUT2D eigenvalue weighted by atomic mass is 10.2. The van der Waals surface area contributed by atoms with Crippen LogP contribution in [0.15, 0.2) is 24.3 Å². The van der Waals surface area contributed by atoms with Gasteiger partial charge >= 0.3 is 0 Å². The maximum Gasteiger partial charge on any atom is 0.232 e. The number of fused-ring (bicyclic) bond motifs is 1. The number of para-hydroxylation sites is 1. The zero-order valence-corrected chi connectivity index (χ0v) is 10.6. The molecule has 0 radical (unpaired) electrons. The largest absolute Gasteiger partial charge is 0.311 e. The van der Waals surface area contributed by atoms with E-state index in [9.17, 15) is 8.42 Å². The summed E-state index contributed by atoms with van der Waals surface area (Å²) in [4.78, 5) is 0. The van der Waals surface area contributed by atoms with Gasteiger partial charge in [-0.15, -0.1) is 12.4 Å². The quantitative estimate of drug-likeness (QED) is 0.821. The van der Waals surface area contributed by atoms with Gasteiger partial charge in [-0.3, -0.25) is 4.31 Å². The van der Waals surface area contributed by atoms with Crippen molar-refractivity contribution in [2.45, 2.75) is 6.54 Å². The van der Waals surface area contributed by atoms with Crippen LogP contribution in [0.3, 0.4) is 0 Å². The first kappa shape index (κ1) is 13.3. The third-order valence-electron chi connectivity index (χ3n) is 2.47. The van der Waals surface area contributed by atoms with E-state index in [0.29, 0.717) is 13.1 Å². The molecule has 0 aliphatic carbocycles. The average Bonchev–Trinajstić information content (AvgIpc) is 2.38. The number of nitrogens with one attached hydrogen (secondary N) is 1. The summed E-state index contributed by atoms with van der Waals surface area (Å²) in [5, 5.41) is 3.20. The Morgan fingerprint density at radius 3 is 2.69 bits per heavy atom. The lowest BCUT2D eigenvalue weighted by Gasteiger charge is -2.21. The molecule has 0 fully saturated rings. The number of benzene rings is 1. The second-order valence-corrected chi connectivity index (χ2v) is 5.55. The average molecular weight is 263 g/mol. The Hall–Kier alpha value is -0.780. The van der Waals surface area contributed by atoms with E-state index in [1.165, 1.54) is 10.6 Å². The Labute approximate surface area is 102 Å². The molecule has 2 rings (SSSR count). The molecular weight excluding hydrogens is 248 g/mol. The van der Waals surface area contributed by atoms with Crippen molar-refractivity contribution in [2.75, 3.05) is 23.7 Å². The van der Waals surface area contributed by atoms with Crippen LogP contribution < -0.4 is 9.62 Å². The topological polar surface area (TPSA) is 49.4 Å². The lowest BCUT2D eigenvalue weighted by Crippen LogP contribution is -2.33. The van der Waals surface area contributed by atoms with Crippen LogP contribution in [-0.4, -0.2) is 27.8 Å². The fourth-order valence-corrected chi connectivity index (χ4v) is 2.73. The highest BCUT2D eigenvalue weighted by atomic mass is 35.5. The molecule has 1 aromatic rings. The van der Waals surface area contributed by atoms with E-state index in [-0.39, 0.29) is 12.4 Å². The van der Waals surface area contributed by atoms with Crippen molar-refractivity contribution < 1.29 is 8.42 Å². The van der Waals surface area contributed by atoms with Crippen LogP contribution >= 0.6 is 12.4 Å². The van der Waals surface area contributed by atoms with E-state index in [0.717, 1.165) is 17.8 Å². The van der Waals surface area contributed by atoms with Crippen molar-refractivity contribution in [2.24, 2.45) is 0 Å². The third-order valence-corrected chi connectivity index (χ3v) is 3.65. The van der Waals surface area contributed by atoms with Crippen LogP contribution in [0.2, 0.25) is 0 Å². The predicted molar refractivity (Wildman–Crippen MR) is 67.6 cm³/mol. The molecule has 0 aromatic heterocycles. The minimum Gasteiger partial charge on any atom is -0.311 e. The van der Waals surface area contributed by atoms with Gasteiger partial charge in [0.15, 0.2) is 0 Å². The van der Waals surface area contributed by atoms with Crippen molar-refractivity contribution >= 4 is 28.1 Å². The van der Waals surface area contributed by atoms with E-state index in [4.69, 9.17) is 0 Å². The van der Waals surface area contributed by atoms with Crippen molar-refractivity contribution in [1.29, 1.82) is 0 Å². The number of rotatable bonds is 1. The van der Waals surface area contributed by atoms with Crippen molar-refractivity contribution in [1.82, 2.24) is 5.32 Å². The van der Waals surface area contributed by atoms with E-state index in [2.05, 4.69) is 5.32 Å². The van der Waals surface area contributed by atoms with Crippen LogP contribution in [0.5, 0.6) is 0 Å². The van der Waals surface area contributed by atoms with Gasteiger partial charge in [-0.2, -0.15) is 0 Å². The van der Waals surface area contributed by atoms with Crippen LogP contribution in [0.4, 0.5) is 5.69 Å². The number of hydrogen-bond acceptors (Lipinski definition) is 3. The molecule has 1 N–H and O–H groups in total. The molecular formula is C10H15ClN2O2S. The SMILES string of the molecule is CS(=O)(=O)N1CCNCc2ccccc21.Cl. The highest BCUT2D eigenvalue weighted by Crippen LogP contribution is 2.23. The molecule has 1 heterocycles. The van der Waals surface area contributed by atoms with Crippen molar-refractivity contribution in [3.05, 3.63) is 29.8 Å². The molecule has 0 saturated carbocycles. The molecule has 1 aliphatic rings. The van der Waals surface area contributed by atoms with Gasteiger partial charge in [0.2, 0.25) is 10.0 Å². The standard InChI is InChI=1S/C10H14N2O2S.ClH/c1-15(13,14)12-7-6-11-8-9-4-2-3-5-10(9)12;/h2-5,11H,6-8H2,1H3;1H. The molecule has 0 bridgehead atoms. The zero-order chi connectivity index (χ0) is 10.9.